The third-order valence-electron chi connectivity index (χ3n) is 2.40. The van der Waals surface area contributed by atoms with Crippen molar-refractivity contribution in [2.24, 2.45) is 5.41 Å². The van der Waals surface area contributed by atoms with E-state index in [2.05, 4.69) is 9.24 Å². The average molecular weight is 221 g/mol. The predicted octanol–water partition coefficient (Wildman–Crippen LogP) is 1.93. The molecule has 0 saturated heterocycles. The van der Waals surface area contributed by atoms with Crippen molar-refractivity contribution in [2.75, 3.05) is 20.8 Å². The SMILES string of the molecule is CCC(C)(C)C(C(=O)O)N(C)C.CP. The van der Waals surface area contributed by atoms with Crippen LogP contribution in [0.15, 0.2) is 0 Å². The Bertz CT molecular complexity index is 170. The molecule has 0 aromatic heterocycles. The van der Waals surface area contributed by atoms with Crippen molar-refractivity contribution in [1.82, 2.24) is 4.90 Å². The summed E-state index contributed by atoms with van der Waals surface area (Å²) in [5.41, 5.74) is -0.171. The van der Waals surface area contributed by atoms with Gasteiger partial charge in [0.2, 0.25) is 0 Å². The van der Waals surface area contributed by atoms with Crippen LogP contribution in [0.5, 0.6) is 0 Å². The van der Waals surface area contributed by atoms with E-state index >= 15 is 0 Å². The van der Waals surface area contributed by atoms with E-state index in [9.17, 15) is 4.79 Å². The van der Waals surface area contributed by atoms with E-state index in [4.69, 9.17) is 5.11 Å². The first-order valence-electron chi connectivity index (χ1n) is 4.80. The fourth-order valence-electron chi connectivity index (χ4n) is 1.45. The first kappa shape index (κ1) is 16.3. The van der Waals surface area contributed by atoms with Crippen molar-refractivity contribution >= 4 is 15.2 Å². The Morgan fingerprint density at radius 3 is 1.86 bits per heavy atom. The smallest absolute Gasteiger partial charge is 0.321 e. The topological polar surface area (TPSA) is 40.5 Å². The Morgan fingerprint density at radius 2 is 1.79 bits per heavy atom. The number of carboxylic acids is 1. The van der Waals surface area contributed by atoms with Gasteiger partial charge < -0.3 is 5.11 Å². The summed E-state index contributed by atoms with van der Waals surface area (Å²) in [6.07, 6.45) is 0.863. The minimum absolute atomic E-state index is 0.171. The molecule has 0 spiro atoms. The summed E-state index contributed by atoms with van der Waals surface area (Å²) >= 11 is 0. The fraction of sp³-hybridized carbons (Fsp3) is 0.900. The van der Waals surface area contributed by atoms with Gasteiger partial charge in [0.15, 0.2) is 0 Å². The lowest BCUT2D eigenvalue weighted by Crippen LogP contribution is -2.46. The molecule has 2 atom stereocenters. The van der Waals surface area contributed by atoms with Crippen LogP contribution in [-0.2, 0) is 4.79 Å². The summed E-state index contributed by atoms with van der Waals surface area (Å²) in [6, 6.07) is -0.400. The highest BCUT2D eigenvalue weighted by molar-refractivity contribution is 7.15. The van der Waals surface area contributed by atoms with Gasteiger partial charge in [-0.3, -0.25) is 9.69 Å². The summed E-state index contributed by atoms with van der Waals surface area (Å²) in [5.74, 6) is -0.744. The quantitative estimate of drug-likeness (QED) is 0.737. The minimum Gasteiger partial charge on any atom is -0.480 e. The number of carbonyl (C=O) groups is 1. The van der Waals surface area contributed by atoms with Gasteiger partial charge in [-0.05, 0) is 25.9 Å². The van der Waals surface area contributed by atoms with Gasteiger partial charge in [-0.25, -0.2) is 0 Å². The van der Waals surface area contributed by atoms with Gasteiger partial charge in [0.05, 0.1) is 0 Å². The predicted molar refractivity (Wildman–Crippen MR) is 64.8 cm³/mol. The molecule has 0 aliphatic heterocycles. The Labute approximate surface area is 90.1 Å². The zero-order chi connectivity index (χ0) is 11.9. The molecule has 0 heterocycles. The standard InChI is InChI=1S/C9H19NO2.CH5P/c1-6-9(2,3)7(8(11)12)10(4)5;1-2/h7H,6H2,1-5H3,(H,11,12);2H2,1H3. The molecule has 0 aromatic carbocycles. The molecule has 0 saturated carbocycles. The number of hydrogen-bond donors (Lipinski definition) is 1. The number of aliphatic carboxylic acids is 1. The van der Waals surface area contributed by atoms with E-state index in [0.717, 1.165) is 6.42 Å². The minimum atomic E-state index is -0.744. The van der Waals surface area contributed by atoms with Gasteiger partial charge in [-0.15, -0.1) is 9.24 Å². The summed E-state index contributed by atoms with van der Waals surface area (Å²) < 4.78 is 0. The van der Waals surface area contributed by atoms with Crippen molar-refractivity contribution in [3.05, 3.63) is 0 Å². The van der Waals surface area contributed by atoms with E-state index in [1.807, 2.05) is 27.4 Å². The molecule has 0 bridgehead atoms. The van der Waals surface area contributed by atoms with Crippen molar-refractivity contribution in [2.45, 2.75) is 33.2 Å². The summed E-state index contributed by atoms with van der Waals surface area (Å²) in [4.78, 5) is 12.7. The molecule has 2 unspecified atom stereocenters. The van der Waals surface area contributed by atoms with Crippen LogP contribution in [0.25, 0.3) is 0 Å². The lowest BCUT2D eigenvalue weighted by atomic mass is 9.81. The van der Waals surface area contributed by atoms with Crippen LogP contribution in [0.4, 0.5) is 0 Å². The highest BCUT2D eigenvalue weighted by Crippen LogP contribution is 2.27. The largest absolute Gasteiger partial charge is 0.480 e. The summed E-state index contributed by atoms with van der Waals surface area (Å²) in [5, 5.41) is 8.97. The van der Waals surface area contributed by atoms with E-state index < -0.39 is 12.0 Å². The number of nitrogens with zero attached hydrogens (tertiary/aromatic N) is 1. The second kappa shape index (κ2) is 7.19. The molecular weight excluding hydrogens is 197 g/mol. The molecule has 4 heteroatoms. The molecule has 0 aliphatic carbocycles. The number of rotatable bonds is 4. The van der Waals surface area contributed by atoms with Gasteiger partial charge in [-0.2, -0.15) is 0 Å². The molecule has 1 N–H and O–H groups in total. The second-order valence-corrected chi connectivity index (χ2v) is 4.05. The van der Waals surface area contributed by atoms with Crippen molar-refractivity contribution in [3.63, 3.8) is 0 Å². The van der Waals surface area contributed by atoms with Crippen LogP contribution in [0, 0.1) is 5.41 Å². The molecule has 0 fully saturated rings. The van der Waals surface area contributed by atoms with Crippen LogP contribution >= 0.6 is 9.24 Å². The first-order chi connectivity index (χ1) is 6.33. The highest BCUT2D eigenvalue weighted by atomic mass is 31.0. The van der Waals surface area contributed by atoms with Crippen LogP contribution in [-0.4, -0.2) is 42.8 Å². The third-order valence-corrected chi connectivity index (χ3v) is 2.40. The van der Waals surface area contributed by atoms with Crippen molar-refractivity contribution in [3.8, 4) is 0 Å². The van der Waals surface area contributed by atoms with Gasteiger partial charge in [0.1, 0.15) is 6.04 Å². The molecule has 0 amide bonds. The Morgan fingerprint density at radius 1 is 1.43 bits per heavy atom. The molecule has 3 nitrogen and oxygen atoms in total. The van der Waals surface area contributed by atoms with E-state index in [-0.39, 0.29) is 5.41 Å². The third kappa shape index (κ3) is 4.92. The summed E-state index contributed by atoms with van der Waals surface area (Å²) in [6.45, 7) is 7.89. The molecule has 0 radical (unpaired) electrons. The zero-order valence-corrected chi connectivity index (χ0v) is 11.3. The van der Waals surface area contributed by atoms with Gasteiger partial charge in [0.25, 0.3) is 0 Å². The Hall–Kier alpha value is -0.140. The lowest BCUT2D eigenvalue weighted by molar-refractivity contribution is -0.146. The van der Waals surface area contributed by atoms with Crippen molar-refractivity contribution in [1.29, 1.82) is 0 Å². The van der Waals surface area contributed by atoms with Crippen LogP contribution < -0.4 is 0 Å². The molecule has 0 rings (SSSR count). The van der Waals surface area contributed by atoms with Gasteiger partial charge in [0, 0.05) is 0 Å². The van der Waals surface area contributed by atoms with Gasteiger partial charge >= 0.3 is 5.97 Å². The molecule has 0 aromatic rings. The monoisotopic (exact) mass is 221 g/mol. The summed E-state index contributed by atoms with van der Waals surface area (Å²) in [7, 11) is 6.02. The fourth-order valence-corrected chi connectivity index (χ4v) is 1.45. The number of hydrogen-bond acceptors (Lipinski definition) is 2. The molecule has 0 aliphatic rings. The highest BCUT2D eigenvalue weighted by Gasteiger charge is 2.35. The maximum absolute atomic E-state index is 10.9. The maximum atomic E-state index is 10.9. The maximum Gasteiger partial charge on any atom is 0.321 e. The van der Waals surface area contributed by atoms with E-state index in [1.165, 1.54) is 0 Å². The van der Waals surface area contributed by atoms with Crippen LogP contribution in [0.2, 0.25) is 0 Å². The normalized spacial score (nSPS) is 13.1. The Balaban J connectivity index is 0. The number of carboxylic acid groups (broad SMARTS) is 1. The van der Waals surface area contributed by atoms with E-state index in [1.54, 1.807) is 19.0 Å². The average Bonchev–Trinajstić information content (AvgIpc) is 2.06. The number of likely N-dealkylation sites (N-methyl/N-ethyl adjacent to an activating group) is 1. The zero-order valence-electron chi connectivity index (χ0n) is 10.2. The first-order valence-corrected chi connectivity index (χ1v) is 5.95. The van der Waals surface area contributed by atoms with Crippen LogP contribution in [0.3, 0.4) is 0 Å². The molecule has 86 valence electrons. The van der Waals surface area contributed by atoms with Crippen molar-refractivity contribution < 1.29 is 9.90 Å². The molecule has 14 heavy (non-hydrogen) atoms. The molecular formula is C10H24NO2P. The van der Waals surface area contributed by atoms with E-state index in [0.29, 0.717) is 0 Å². The second-order valence-electron chi connectivity index (χ2n) is 4.05. The van der Waals surface area contributed by atoms with Gasteiger partial charge in [-0.1, -0.05) is 27.4 Å². The Kier molecular flexibility index (Phi) is 8.37. The van der Waals surface area contributed by atoms with Crippen LogP contribution in [0.1, 0.15) is 27.2 Å². The lowest BCUT2D eigenvalue weighted by Gasteiger charge is -2.34.